The third kappa shape index (κ3) is 6.74. The van der Waals surface area contributed by atoms with Crippen LogP contribution in [-0.2, 0) is 15.7 Å². The van der Waals surface area contributed by atoms with Gasteiger partial charge in [-0.15, -0.1) is 0 Å². The molecule has 0 spiro atoms. The molecule has 1 N–H and O–H groups in total. The number of nitrogens with one attached hydrogen (secondary N) is 1. The van der Waals surface area contributed by atoms with Crippen molar-refractivity contribution in [1.29, 1.82) is 0 Å². The second-order valence-electron chi connectivity index (χ2n) is 7.37. The number of rotatable bonds is 3. The Kier molecular flexibility index (Phi) is 6.35. The standard InChI is InChI=1S/C18H24F3N3O3/c1-17(2,3)27-16(26)24-9-7-23(8-10-24)12-15(25)22-14-6-4-5-13(11-14)18(19,20)21/h4-6,11H,7-10,12H2,1-3H3,(H,22,25). The molecule has 0 aliphatic carbocycles. The first-order chi connectivity index (χ1) is 12.4. The maximum Gasteiger partial charge on any atom is 0.416 e. The van der Waals surface area contributed by atoms with Crippen LogP contribution in [0.5, 0.6) is 0 Å². The molecule has 1 fully saturated rings. The Morgan fingerprint density at radius 2 is 1.74 bits per heavy atom. The second kappa shape index (κ2) is 8.16. The van der Waals surface area contributed by atoms with Gasteiger partial charge in [0.2, 0.25) is 5.91 Å². The molecule has 0 bridgehead atoms. The number of piperazine rings is 1. The minimum atomic E-state index is -4.46. The van der Waals surface area contributed by atoms with Crippen LogP contribution in [0.25, 0.3) is 0 Å². The van der Waals surface area contributed by atoms with Crippen LogP contribution in [0, 0.1) is 0 Å². The zero-order valence-electron chi connectivity index (χ0n) is 15.6. The summed E-state index contributed by atoms with van der Waals surface area (Å²) >= 11 is 0. The number of ether oxygens (including phenoxy) is 1. The smallest absolute Gasteiger partial charge is 0.416 e. The quantitative estimate of drug-likeness (QED) is 0.865. The number of hydrogen-bond donors (Lipinski definition) is 1. The van der Waals surface area contributed by atoms with Crippen LogP contribution < -0.4 is 5.32 Å². The summed E-state index contributed by atoms with van der Waals surface area (Å²) < 4.78 is 43.5. The predicted octanol–water partition coefficient (Wildman–Crippen LogP) is 3.20. The lowest BCUT2D eigenvalue weighted by molar-refractivity contribution is -0.137. The van der Waals surface area contributed by atoms with Gasteiger partial charge in [-0.3, -0.25) is 9.69 Å². The number of nitrogens with zero attached hydrogens (tertiary/aromatic N) is 2. The topological polar surface area (TPSA) is 61.9 Å². The van der Waals surface area contributed by atoms with Crippen LogP contribution in [0.15, 0.2) is 24.3 Å². The maximum atomic E-state index is 12.7. The van der Waals surface area contributed by atoms with E-state index in [1.165, 1.54) is 12.1 Å². The van der Waals surface area contributed by atoms with Gasteiger partial charge in [-0.05, 0) is 39.0 Å². The van der Waals surface area contributed by atoms with Gasteiger partial charge in [0.25, 0.3) is 0 Å². The number of carbonyl (C=O) groups is 2. The molecule has 0 radical (unpaired) electrons. The van der Waals surface area contributed by atoms with Crippen LogP contribution in [0.1, 0.15) is 26.3 Å². The summed E-state index contributed by atoms with van der Waals surface area (Å²) in [5.41, 5.74) is -1.28. The van der Waals surface area contributed by atoms with E-state index in [0.717, 1.165) is 12.1 Å². The highest BCUT2D eigenvalue weighted by Crippen LogP contribution is 2.30. The average molecular weight is 387 g/mol. The van der Waals surface area contributed by atoms with E-state index in [2.05, 4.69) is 5.32 Å². The predicted molar refractivity (Wildman–Crippen MR) is 94.3 cm³/mol. The molecule has 1 aliphatic heterocycles. The molecule has 2 rings (SSSR count). The monoisotopic (exact) mass is 387 g/mol. The molecule has 0 aromatic heterocycles. The molecule has 1 aromatic rings. The van der Waals surface area contributed by atoms with E-state index < -0.39 is 29.3 Å². The summed E-state index contributed by atoms with van der Waals surface area (Å²) in [4.78, 5) is 27.5. The molecule has 0 unspecified atom stereocenters. The minimum absolute atomic E-state index is 0.0401. The summed E-state index contributed by atoms with van der Waals surface area (Å²) in [6.07, 6.45) is -4.85. The number of benzene rings is 1. The first-order valence-electron chi connectivity index (χ1n) is 8.61. The van der Waals surface area contributed by atoms with E-state index in [1.54, 1.807) is 25.7 Å². The Balaban J connectivity index is 1.82. The van der Waals surface area contributed by atoms with Crippen molar-refractivity contribution in [3.05, 3.63) is 29.8 Å². The summed E-state index contributed by atoms with van der Waals surface area (Å²) in [5, 5.41) is 2.48. The Morgan fingerprint density at radius 1 is 1.11 bits per heavy atom. The Labute approximate surface area is 156 Å². The molecule has 1 heterocycles. The lowest BCUT2D eigenvalue weighted by atomic mass is 10.2. The summed E-state index contributed by atoms with van der Waals surface area (Å²) in [6, 6.07) is 4.51. The van der Waals surface area contributed by atoms with Crippen LogP contribution >= 0.6 is 0 Å². The third-order valence-corrected chi connectivity index (χ3v) is 3.86. The van der Waals surface area contributed by atoms with E-state index in [4.69, 9.17) is 4.74 Å². The van der Waals surface area contributed by atoms with Crippen molar-refractivity contribution in [2.45, 2.75) is 32.5 Å². The number of anilines is 1. The largest absolute Gasteiger partial charge is 0.444 e. The molecule has 2 amide bonds. The van der Waals surface area contributed by atoms with Gasteiger partial charge in [0, 0.05) is 31.9 Å². The molecule has 1 aromatic carbocycles. The Hall–Kier alpha value is -2.29. The van der Waals surface area contributed by atoms with Gasteiger partial charge in [-0.25, -0.2) is 4.79 Å². The van der Waals surface area contributed by atoms with Crippen molar-refractivity contribution in [1.82, 2.24) is 9.80 Å². The summed E-state index contributed by atoms with van der Waals surface area (Å²) in [7, 11) is 0. The Bertz CT molecular complexity index is 678. The van der Waals surface area contributed by atoms with Gasteiger partial charge in [-0.2, -0.15) is 13.2 Å². The van der Waals surface area contributed by atoms with Crippen molar-refractivity contribution in [2.75, 3.05) is 38.0 Å². The van der Waals surface area contributed by atoms with Crippen LogP contribution in [0.4, 0.5) is 23.7 Å². The zero-order valence-corrected chi connectivity index (χ0v) is 15.6. The van der Waals surface area contributed by atoms with E-state index in [0.29, 0.717) is 26.2 Å². The number of carbonyl (C=O) groups excluding carboxylic acids is 2. The van der Waals surface area contributed by atoms with E-state index in [1.807, 2.05) is 4.90 Å². The summed E-state index contributed by atoms with van der Waals surface area (Å²) in [6.45, 7) is 7.22. The van der Waals surface area contributed by atoms with Crippen molar-refractivity contribution < 1.29 is 27.5 Å². The van der Waals surface area contributed by atoms with Crippen molar-refractivity contribution in [3.8, 4) is 0 Å². The van der Waals surface area contributed by atoms with Gasteiger partial charge in [0.15, 0.2) is 0 Å². The lowest BCUT2D eigenvalue weighted by Crippen LogP contribution is -2.51. The molecule has 150 valence electrons. The molecule has 6 nitrogen and oxygen atoms in total. The Morgan fingerprint density at radius 3 is 2.30 bits per heavy atom. The second-order valence-corrected chi connectivity index (χ2v) is 7.37. The van der Waals surface area contributed by atoms with Crippen LogP contribution in [0.3, 0.4) is 0 Å². The van der Waals surface area contributed by atoms with Gasteiger partial charge in [-0.1, -0.05) is 6.07 Å². The fourth-order valence-corrected chi connectivity index (χ4v) is 2.59. The molecule has 9 heteroatoms. The lowest BCUT2D eigenvalue weighted by Gasteiger charge is -2.35. The van der Waals surface area contributed by atoms with E-state index in [9.17, 15) is 22.8 Å². The van der Waals surface area contributed by atoms with E-state index in [-0.39, 0.29) is 12.2 Å². The number of alkyl halides is 3. The van der Waals surface area contributed by atoms with Crippen LogP contribution in [-0.4, -0.2) is 60.1 Å². The maximum absolute atomic E-state index is 12.7. The number of halogens is 3. The van der Waals surface area contributed by atoms with Gasteiger partial charge in [0.1, 0.15) is 5.60 Å². The SMILES string of the molecule is CC(C)(C)OC(=O)N1CCN(CC(=O)Nc2cccc(C(F)(F)F)c2)CC1. The molecule has 27 heavy (non-hydrogen) atoms. The highest BCUT2D eigenvalue weighted by Gasteiger charge is 2.30. The van der Waals surface area contributed by atoms with E-state index >= 15 is 0 Å². The average Bonchev–Trinajstić information content (AvgIpc) is 2.53. The van der Waals surface area contributed by atoms with Crippen molar-refractivity contribution >= 4 is 17.7 Å². The normalized spacial score (nSPS) is 16.1. The van der Waals surface area contributed by atoms with Crippen molar-refractivity contribution in [3.63, 3.8) is 0 Å². The number of amides is 2. The van der Waals surface area contributed by atoms with Gasteiger partial charge in [0.05, 0.1) is 12.1 Å². The molecule has 1 saturated heterocycles. The van der Waals surface area contributed by atoms with Gasteiger partial charge < -0.3 is 15.0 Å². The third-order valence-electron chi connectivity index (χ3n) is 3.86. The summed E-state index contributed by atoms with van der Waals surface area (Å²) in [5.74, 6) is -0.403. The molecule has 1 aliphatic rings. The molecular formula is C18H24F3N3O3. The fraction of sp³-hybridized carbons (Fsp3) is 0.556. The highest BCUT2D eigenvalue weighted by molar-refractivity contribution is 5.92. The first-order valence-corrected chi connectivity index (χ1v) is 8.61. The molecule has 0 atom stereocenters. The van der Waals surface area contributed by atoms with Crippen molar-refractivity contribution in [2.24, 2.45) is 0 Å². The number of hydrogen-bond acceptors (Lipinski definition) is 4. The molecule has 0 saturated carbocycles. The zero-order chi connectivity index (χ0) is 20.2. The highest BCUT2D eigenvalue weighted by atomic mass is 19.4. The minimum Gasteiger partial charge on any atom is -0.444 e. The fourth-order valence-electron chi connectivity index (χ4n) is 2.59. The first kappa shape index (κ1) is 21.0. The van der Waals surface area contributed by atoms with Crippen LogP contribution in [0.2, 0.25) is 0 Å². The van der Waals surface area contributed by atoms with Gasteiger partial charge >= 0.3 is 12.3 Å². The molecular weight excluding hydrogens is 363 g/mol.